The van der Waals surface area contributed by atoms with Gasteiger partial charge in [-0.25, -0.2) is 4.98 Å². The van der Waals surface area contributed by atoms with E-state index < -0.39 is 0 Å². The van der Waals surface area contributed by atoms with Crippen LogP contribution in [0.15, 0.2) is 28.9 Å². The largest absolute Gasteiger partial charge is 0.319 e. The Hall–Kier alpha value is -0.710. The van der Waals surface area contributed by atoms with E-state index in [0.29, 0.717) is 0 Å². The van der Waals surface area contributed by atoms with Crippen LogP contribution in [0.25, 0.3) is 10.6 Å². The number of likely N-dealkylation sites (N-methyl/N-ethyl adjacent to an activating group) is 1. The van der Waals surface area contributed by atoms with Crippen LogP contribution in [-0.4, -0.2) is 18.6 Å². The maximum atomic E-state index is 4.57. The number of aryl methyl sites for hydroxylation is 1. The van der Waals surface area contributed by atoms with Gasteiger partial charge in [0, 0.05) is 10.4 Å². The van der Waals surface area contributed by atoms with Crippen molar-refractivity contribution in [1.29, 1.82) is 0 Å². The Bertz CT molecular complexity index is 491. The number of nitrogens with one attached hydrogen (secondary N) is 1. The molecule has 0 bridgehead atoms. The number of hydrogen-bond donors (Lipinski definition) is 1. The number of rotatable bonds is 4. The molecule has 0 saturated carbocycles. The predicted molar refractivity (Wildman–Crippen MR) is 77.6 cm³/mol. The van der Waals surface area contributed by atoms with Gasteiger partial charge >= 0.3 is 0 Å². The maximum absolute atomic E-state index is 4.57. The third kappa shape index (κ3) is 3.15. The first-order valence-corrected chi connectivity index (χ1v) is 7.18. The number of thiazole rings is 1. The van der Waals surface area contributed by atoms with Crippen molar-refractivity contribution >= 4 is 27.3 Å². The molecule has 0 fully saturated rings. The zero-order valence-corrected chi connectivity index (χ0v) is 12.4. The van der Waals surface area contributed by atoms with Gasteiger partial charge < -0.3 is 5.32 Å². The Morgan fingerprint density at radius 3 is 2.65 bits per heavy atom. The van der Waals surface area contributed by atoms with E-state index >= 15 is 0 Å². The van der Waals surface area contributed by atoms with E-state index in [1.807, 2.05) is 7.05 Å². The number of nitrogens with zero attached hydrogens (tertiary/aromatic N) is 1. The topological polar surface area (TPSA) is 24.9 Å². The lowest BCUT2D eigenvalue weighted by molar-refractivity contribution is 0.796. The van der Waals surface area contributed by atoms with Crippen LogP contribution in [0.2, 0.25) is 0 Å². The fourth-order valence-corrected chi connectivity index (χ4v) is 3.24. The lowest BCUT2D eigenvalue weighted by Gasteiger charge is -1.96. The van der Waals surface area contributed by atoms with E-state index in [4.69, 9.17) is 0 Å². The van der Waals surface area contributed by atoms with Crippen LogP contribution in [0.5, 0.6) is 0 Å². The van der Waals surface area contributed by atoms with Crippen LogP contribution in [0.4, 0.5) is 0 Å². The van der Waals surface area contributed by atoms with Gasteiger partial charge in [-0.3, -0.25) is 0 Å². The van der Waals surface area contributed by atoms with Gasteiger partial charge in [0.2, 0.25) is 0 Å². The van der Waals surface area contributed by atoms with E-state index in [1.165, 1.54) is 16.0 Å². The van der Waals surface area contributed by atoms with E-state index in [1.54, 1.807) is 11.3 Å². The molecular formula is C13H15BrN2S. The normalized spacial score (nSPS) is 10.8. The van der Waals surface area contributed by atoms with Crippen molar-refractivity contribution in [2.75, 3.05) is 13.6 Å². The molecule has 1 aromatic heterocycles. The van der Waals surface area contributed by atoms with Gasteiger partial charge in [0.05, 0.1) is 0 Å². The lowest BCUT2D eigenvalue weighted by atomic mass is 10.2. The molecule has 0 radical (unpaired) electrons. The minimum atomic E-state index is 0.980. The molecule has 90 valence electrons. The van der Waals surface area contributed by atoms with Gasteiger partial charge in [-0.15, -0.1) is 11.3 Å². The number of benzene rings is 1. The highest BCUT2D eigenvalue weighted by molar-refractivity contribution is 9.10. The summed E-state index contributed by atoms with van der Waals surface area (Å²) in [4.78, 5) is 5.87. The van der Waals surface area contributed by atoms with Crippen LogP contribution in [0.3, 0.4) is 0 Å². The number of aromatic nitrogens is 1. The summed E-state index contributed by atoms with van der Waals surface area (Å²) in [6.07, 6.45) is 1.01. The highest BCUT2D eigenvalue weighted by Crippen LogP contribution is 2.31. The molecule has 0 atom stereocenters. The predicted octanol–water partition coefficient (Wildman–Crippen LogP) is 3.64. The Labute approximate surface area is 114 Å². The van der Waals surface area contributed by atoms with Gasteiger partial charge in [-0.2, -0.15) is 0 Å². The average molecular weight is 311 g/mol. The first-order valence-electron chi connectivity index (χ1n) is 5.57. The lowest BCUT2D eigenvalue weighted by Crippen LogP contribution is -2.09. The number of halogens is 1. The maximum Gasteiger partial charge on any atom is 0.124 e. The molecule has 1 N–H and O–H groups in total. The van der Waals surface area contributed by atoms with Crippen molar-refractivity contribution in [1.82, 2.24) is 10.3 Å². The van der Waals surface area contributed by atoms with Gasteiger partial charge in [0.25, 0.3) is 0 Å². The summed E-state index contributed by atoms with van der Waals surface area (Å²) in [5.74, 6) is 0. The fourth-order valence-electron chi connectivity index (χ4n) is 1.55. The summed E-state index contributed by atoms with van der Waals surface area (Å²) >= 11 is 5.29. The number of hydrogen-bond acceptors (Lipinski definition) is 3. The molecule has 17 heavy (non-hydrogen) atoms. The standard InChI is InChI=1S/C13H15BrN2S/c1-9-3-5-10(6-4-9)13-16-12(14)11(17-13)7-8-15-2/h3-6,15H,7-8H2,1-2H3. The molecule has 0 amide bonds. The van der Waals surface area contributed by atoms with Gasteiger partial charge in [-0.1, -0.05) is 29.8 Å². The molecule has 0 spiro atoms. The van der Waals surface area contributed by atoms with Crippen LogP contribution in [0, 0.1) is 6.92 Å². The summed E-state index contributed by atoms with van der Waals surface area (Å²) in [5.41, 5.74) is 2.47. The van der Waals surface area contributed by atoms with Crippen molar-refractivity contribution < 1.29 is 0 Å². The molecule has 2 aromatic rings. The second kappa shape index (κ2) is 5.76. The van der Waals surface area contributed by atoms with Crippen molar-refractivity contribution in [2.45, 2.75) is 13.3 Å². The third-order valence-electron chi connectivity index (χ3n) is 2.55. The second-order valence-electron chi connectivity index (χ2n) is 3.95. The van der Waals surface area contributed by atoms with Crippen LogP contribution < -0.4 is 5.32 Å². The first kappa shape index (κ1) is 12.7. The van der Waals surface area contributed by atoms with Crippen molar-refractivity contribution in [2.24, 2.45) is 0 Å². The zero-order valence-electron chi connectivity index (χ0n) is 9.96. The van der Waals surface area contributed by atoms with Crippen molar-refractivity contribution in [3.8, 4) is 10.6 Å². The first-order chi connectivity index (χ1) is 8.20. The zero-order chi connectivity index (χ0) is 12.3. The SMILES string of the molecule is CNCCc1sc(-c2ccc(C)cc2)nc1Br. The summed E-state index contributed by atoms with van der Waals surface area (Å²) in [6.45, 7) is 3.08. The van der Waals surface area contributed by atoms with E-state index in [2.05, 4.69) is 57.4 Å². The Morgan fingerprint density at radius 1 is 1.29 bits per heavy atom. The molecule has 0 saturated heterocycles. The van der Waals surface area contributed by atoms with Gasteiger partial charge in [-0.05, 0) is 42.9 Å². The second-order valence-corrected chi connectivity index (χ2v) is 5.79. The van der Waals surface area contributed by atoms with E-state index in [0.717, 1.165) is 22.6 Å². The van der Waals surface area contributed by atoms with Crippen LogP contribution in [0.1, 0.15) is 10.4 Å². The molecule has 4 heteroatoms. The molecule has 0 aliphatic rings. The smallest absolute Gasteiger partial charge is 0.124 e. The van der Waals surface area contributed by atoms with Gasteiger partial charge in [0.1, 0.15) is 9.61 Å². The highest BCUT2D eigenvalue weighted by atomic mass is 79.9. The summed E-state index contributed by atoms with van der Waals surface area (Å²) < 4.78 is 0.980. The molecule has 2 rings (SSSR count). The minimum absolute atomic E-state index is 0.980. The molecule has 0 aliphatic carbocycles. The molecular weight excluding hydrogens is 296 g/mol. The quantitative estimate of drug-likeness (QED) is 0.932. The fraction of sp³-hybridized carbons (Fsp3) is 0.308. The minimum Gasteiger partial charge on any atom is -0.319 e. The van der Waals surface area contributed by atoms with E-state index in [-0.39, 0.29) is 0 Å². The highest BCUT2D eigenvalue weighted by Gasteiger charge is 2.09. The van der Waals surface area contributed by atoms with Crippen LogP contribution >= 0.6 is 27.3 Å². The Kier molecular flexibility index (Phi) is 4.31. The molecule has 1 heterocycles. The monoisotopic (exact) mass is 310 g/mol. The molecule has 1 aromatic carbocycles. The van der Waals surface area contributed by atoms with Crippen LogP contribution in [-0.2, 0) is 6.42 Å². The Morgan fingerprint density at radius 2 is 2.00 bits per heavy atom. The Balaban J connectivity index is 2.24. The molecule has 0 aliphatic heterocycles. The molecule has 0 unspecified atom stereocenters. The summed E-state index contributed by atoms with van der Waals surface area (Å²) in [6, 6.07) is 8.50. The summed E-state index contributed by atoms with van der Waals surface area (Å²) in [5, 5.41) is 4.24. The average Bonchev–Trinajstić information content (AvgIpc) is 2.69. The van der Waals surface area contributed by atoms with Crippen molar-refractivity contribution in [3.05, 3.63) is 39.3 Å². The van der Waals surface area contributed by atoms with Gasteiger partial charge in [0.15, 0.2) is 0 Å². The molecule has 2 nitrogen and oxygen atoms in total. The third-order valence-corrected chi connectivity index (χ3v) is 4.63. The summed E-state index contributed by atoms with van der Waals surface area (Å²) in [7, 11) is 1.97. The van der Waals surface area contributed by atoms with E-state index in [9.17, 15) is 0 Å². The van der Waals surface area contributed by atoms with Crippen molar-refractivity contribution in [3.63, 3.8) is 0 Å².